The fourth-order valence-electron chi connectivity index (χ4n) is 3.26. The molecule has 1 atom stereocenters. The molecule has 2 heterocycles. The van der Waals surface area contributed by atoms with E-state index in [1.807, 2.05) is 0 Å². The van der Waals surface area contributed by atoms with Crippen molar-refractivity contribution in [2.24, 2.45) is 5.92 Å². The zero-order chi connectivity index (χ0) is 17.2. The third-order valence-electron chi connectivity index (χ3n) is 4.75. The van der Waals surface area contributed by atoms with Crippen LogP contribution in [0.25, 0.3) is 0 Å². The molecule has 3 rings (SSSR count). The minimum atomic E-state index is -3.58. The molecule has 2 aliphatic heterocycles. The van der Waals surface area contributed by atoms with Crippen molar-refractivity contribution in [3.63, 3.8) is 0 Å². The van der Waals surface area contributed by atoms with Crippen LogP contribution >= 0.6 is 0 Å². The van der Waals surface area contributed by atoms with E-state index in [0.29, 0.717) is 25.3 Å². The lowest BCUT2D eigenvalue weighted by atomic mass is 10.0. The van der Waals surface area contributed by atoms with Gasteiger partial charge in [0.2, 0.25) is 10.0 Å². The molecule has 0 spiro atoms. The summed E-state index contributed by atoms with van der Waals surface area (Å²) in [5, 5.41) is 0. The van der Waals surface area contributed by atoms with Crippen LogP contribution in [0.15, 0.2) is 29.2 Å². The number of carbonyl (C=O) groups excluding carboxylic acids is 1. The summed E-state index contributed by atoms with van der Waals surface area (Å²) in [6.07, 6.45) is 2.82. The zero-order valence-corrected chi connectivity index (χ0v) is 14.8. The van der Waals surface area contributed by atoms with Crippen molar-refractivity contribution >= 4 is 15.9 Å². The molecular weight excluding hydrogens is 328 g/mol. The molecule has 1 unspecified atom stereocenters. The molecular formula is C17H24N2O4S. The second-order valence-electron chi connectivity index (χ2n) is 6.50. The van der Waals surface area contributed by atoms with Crippen molar-refractivity contribution in [2.75, 3.05) is 39.9 Å². The number of rotatable bonds is 5. The summed E-state index contributed by atoms with van der Waals surface area (Å²) >= 11 is 0. The summed E-state index contributed by atoms with van der Waals surface area (Å²) in [6, 6.07) is 6.41. The van der Waals surface area contributed by atoms with Gasteiger partial charge in [0, 0.05) is 38.9 Å². The predicted octanol–water partition coefficient (Wildman–Crippen LogP) is 1.58. The highest BCUT2D eigenvalue weighted by molar-refractivity contribution is 7.89. The maximum Gasteiger partial charge on any atom is 0.253 e. The molecule has 2 saturated heterocycles. The van der Waals surface area contributed by atoms with Crippen LogP contribution in [0.2, 0.25) is 0 Å². The Morgan fingerprint density at radius 1 is 1.25 bits per heavy atom. The molecule has 0 saturated carbocycles. The average Bonchev–Trinajstić information content (AvgIpc) is 2.54. The second kappa shape index (κ2) is 7.21. The van der Waals surface area contributed by atoms with Gasteiger partial charge in [0.05, 0.1) is 11.5 Å². The Hall–Kier alpha value is -1.44. The number of methoxy groups -OCH3 is 1. The van der Waals surface area contributed by atoms with Crippen molar-refractivity contribution in [3.8, 4) is 0 Å². The molecule has 0 bridgehead atoms. The van der Waals surface area contributed by atoms with Gasteiger partial charge in [-0.05, 0) is 43.4 Å². The first-order chi connectivity index (χ1) is 11.5. The molecule has 1 amide bonds. The number of carbonyl (C=O) groups is 1. The summed E-state index contributed by atoms with van der Waals surface area (Å²) in [5.74, 6) is 0.138. The normalized spacial score (nSPS) is 22.2. The minimum absolute atomic E-state index is 0.0887. The Morgan fingerprint density at radius 2 is 2.04 bits per heavy atom. The number of ether oxygens (including phenoxy) is 1. The summed E-state index contributed by atoms with van der Waals surface area (Å²) in [7, 11) is -1.94. The first-order valence-electron chi connectivity index (χ1n) is 8.41. The van der Waals surface area contributed by atoms with Gasteiger partial charge in [-0.25, -0.2) is 8.42 Å². The van der Waals surface area contributed by atoms with Gasteiger partial charge < -0.3 is 9.64 Å². The number of likely N-dealkylation sites (tertiary alicyclic amines) is 1. The number of hydrogen-bond acceptors (Lipinski definition) is 4. The van der Waals surface area contributed by atoms with Crippen LogP contribution in [-0.4, -0.2) is 63.4 Å². The monoisotopic (exact) mass is 352 g/mol. The third kappa shape index (κ3) is 3.48. The Morgan fingerprint density at radius 3 is 2.71 bits per heavy atom. The molecule has 1 aromatic rings. The van der Waals surface area contributed by atoms with E-state index in [2.05, 4.69) is 0 Å². The van der Waals surface area contributed by atoms with E-state index in [-0.39, 0.29) is 16.7 Å². The highest BCUT2D eigenvalue weighted by Crippen LogP contribution is 2.25. The maximum absolute atomic E-state index is 12.9. The van der Waals surface area contributed by atoms with E-state index < -0.39 is 10.0 Å². The first kappa shape index (κ1) is 17.4. The molecule has 0 aliphatic carbocycles. The van der Waals surface area contributed by atoms with Crippen LogP contribution in [-0.2, 0) is 14.8 Å². The molecule has 7 heteroatoms. The lowest BCUT2D eigenvalue weighted by Gasteiger charge is -2.32. The Bertz CT molecular complexity index is 698. The summed E-state index contributed by atoms with van der Waals surface area (Å²) < 4.78 is 32.5. The number of piperidine rings is 1. The predicted molar refractivity (Wildman–Crippen MR) is 90.3 cm³/mol. The van der Waals surface area contributed by atoms with Gasteiger partial charge in [-0.3, -0.25) is 4.79 Å². The zero-order valence-electron chi connectivity index (χ0n) is 14.0. The van der Waals surface area contributed by atoms with Crippen LogP contribution in [0.1, 0.15) is 29.6 Å². The highest BCUT2D eigenvalue weighted by Gasteiger charge is 2.31. The minimum Gasteiger partial charge on any atom is -0.384 e. The van der Waals surface area contributed by atoms with E-state index in [1.165, 1.54) is 10.4 Å². The van der Waals surface area contributed by atoms with Gasteiger partial charge in [-0.2, -0.15) is 4.31 Å². The van der Waals surface area contributed by atoms with Crippen molar-refractivity contribution in [1.82, 2.24) is 9.21 Å². The van der Waals surface area contributed by atoms with Crippen molar-refractivity contribution in [2.45, 2.75) is 24.2 Å². The van der Waals surface area contributed by atoms with Crippen LogP contribution in [0.4, 0.5) is 0 Å². The Balaban J connectivity index is 1.80. The van der Waals surface area contributed by atoms with E-state index in [0.717, 1.165) is 32.4 Å². The van der Waals surface area contributed by atoms with Gasteiger partial charge in [0.25, 0.3) is 5.91 Å². The summed E-state index contributed by atoms with van der Waals surface area (Å²) in [6.45, 7) is 3.06. The average molecular weight is 352 g/mol. The smallest absolute Gasteiger partial charge is 0.253 e. The molecule has 2 aliphatic rings. The van der Waals surface area contributed by atoms with Crippen molar-refractivity contribution in [1.29, 1.82) is 0 Å². The number of benzene rings is 1. The number of sulfonamides is 1. The Kier molecular flexibility index (Phi) is 5.22. The maximum atomic E-state index is 12.9. The number of amides is 1. The first-order valence-corrected chi connectivity index (χ1v) is 9.85. The van der Waals surface area contributed by atoms with Gasteiger partial charge in [-0.1, -0.05) is 6.07 Å². The largest absolute Gasteiger partial charge is 0.384 e. The van der Waals surface area contributed by atoms with Gasteiger partial charge in [0.1, 0.15) is 0 Å². The SMILES string of the molecule is COCC1CCCN(S(=O)(=O)c2cccc(C(=O)N3CCC3)c2)C1. The fourth-order valence-corrected chi connectivity index (χ4v) is 4.86. The van der Waals surface area contributed by atoms with E-state index in [9.17, 15) is 13.2 Å². The molecule has 0 N–H and O–H groups in total. The molecule has 0 aromatic heterocycles. The van der Waals surface area contributed by atoms with E-state index in [1.54, 1.807) is 30.2 Å². The number of nitrogens with zero attached hydrogens (tertiary/aromatic N) is 2. The second-order valence-corrected chi connectivity index (χ2v) is 8.44. The fraction of sp³-hybridized carbons (Fsp3) is 0.588. The highest BCUT2D eigenvalue weighted by atomic mass is 32.2. The molecule has 2 fully saturated rings. The van der Waals surface area contributed by atoms with Crippen LogP contribution in [0.5, 0.6) is 0 Å². The standard InChI is InChI=1S/C17H24N2O4S/c1-23-13-14-5-3-10-19(12-14)24(21,22)16-7-2-6-15(11-16)17(20)18-8-4-9-18/h2,6-7,11,14H,3-5,8-10,12-13H2,1H3. The summed E-state index contributed by atoms with van der Waals surface area (Å²) in [5.41, 5.74) is 0.446. The van der Waals surface area contributed by atoms with Crippen LogP contribution in [0.3, 0.4) is 0 Å². The van der Waals surface area contributed by atoms with E-state index in [4.69, 9.17) is 4.74 Å². The van der Waals surface area contributed by atoms with Crippen LogP contribution in [0, 0.1) is 5.92 Å². The number of hydrogen-bond donors (Lipinski definition) is 0. The lowest BCUT2D eigenvalue weighted by molar-refractivity contribution is 0.0651. The molecule has 132 valence electrons. The van der Waals surface area contributed by atoms with Gasteiger partial charge >= 0.3 is 0 Å². The molecule has 6 nitrogen and oxygen atoms in total. The van der Waals surface area contributed by atoms with Gasteiger partial charge in [0.15, 0.2) is 0 Å². The molecule has 0 radical (unpaired) electrons. The van der Waals surface area contributed by atoms with Gasteiger partial charge in [-0.15, -0.1) is 0 Å². The molecule has 1 aromatic carbocycles. The Labute approximate surface area is 143 Å². The summed E-state index contributed by atoms with van der Waals surface area (Å²) in [4.78, 5) is 14.3. The van der Waals surface area contributed by atoms with Crippen LogP contribution < -0.4 is 0 Å². The lowest BCUT2D eigenvalue weighted by Crippen LogP contribution is -2.42. The quantitative estimate of drug-likeness (QED) is 0.807. The van der Waals surface area contributed by atoms with Crippen molar-refractivity contribution in [3.05, 3.63) is 29.8 Å². The topological polar surface area (TPSA) is 66.9 Å². The van der Waals surface area contributed by atoms with E-state index >= 15 is 0 Å². The third-order valence-corrected chi connectivity index (χ3v) is 6.61. The molecule has 24 heavy (non-hydrogen) atoms. The van der Waals surface area contributed by atoms with Crippen molar-refractivity contribution < 1.29 is 17.9 Å².